The molecule has 1 aromatic rings. The highest BCUT2D eigenvalue weighted by Gasteiger charge is 2.23. The highest BCUT2D eigenvalue weighted by molar-refractivity contribution is 5.69. The first-order valence-electron chi connectivity index (χ1n) is 4.41. The molecule has 0 saturated heterocycles. The quantitative estimate of drug-likeness (QED) is 0.613. The lowest BCUT2D eigenvalue weighted by atomic mass is 9.96. The number of carboxylic acids is 1. The van der Waals surface area contributed by atoms with Crippen LogP contribution in [-0.2, 0) is 4.79 Å². The first kappa shape index (κ1) is 11.7. The number of hydrogen-bond donors (Lipinski definition) is 1. The minimum absolute atomic E-state index is 0.136. The van der Waals surface area contributed by atoms with Crippen molar-refractivity contribution in [3.63, 3.8) is 0 Å². The molecule has 0 saturated carbocycles. The van der Waals surface area contributed by atoms with Crippen LogP contribution < -0.4 is 0 Å². The van der Waals surface area contributed by atoms with Crippen molar-refractivity contribution in [1.82, 2.24) is 0 Å². The lowest BCUT2D eigenvalue weighted by molar-refractivity contribution is -0.385. The Morgan fingerprint density at radius 3 is 2.69 bits per heavy atom. The summed E-state index contributed by atoms with van der Waals surface area (Å²) in [6, 6.07) is 7.41. The van der Waals surface area contributed by atoms with Crippen molar-refractivity contribution in [2.75, 3.05) is 0 Å². The summed E-state index contributed by atoms with van der Waals surface area (Å²) in [5, 5.41) is 28.1. The molecule has 1 rings (SSSR count). The van der Waals surface area contributed by atoms with Crippen LogP contribution in [0.1, 0.15) is 17.9 Å². The number of nitriles is 1. The summed E-state index contributed by atoms with van der Waals surface area (Å²) in [7, 11) is 0. The number of nitro groups is 1. The maximum absolute atomic E-state index is 10.7. The van der Waals surface area contributed by atoms with Crippen LogP contribution in [0.25, 0.3) is 0 Å². The van der Waals surface area contributed by atoms with Crippen molar-refractivity contribution >= 4 is 11.7 Å². The average molecular weight is 220 g/mol. The molecule has 1 unspecified atom stereocenters. The van der Waals surface area contributed by atoms with Crippen LogP contribution in [0, 0.1) is 21.4 Å². The predicted molar refractivity (Wildman–Crippen MR) is 53.7 cm³/mol. The Morgan fingerprint density at radius 2 is 2.19 bits per heavy atom. The molecule has 0 aliphatic rings. The lowest BCUT2D eigenvalue weighted by Crippen LogP contribution is -2.06. The van der Waals surface area contributed by atoms with Gasteiger partial charge in [-0.1, -0.05) is 18.2 Å². The van der Waals surface area contributed by atoms with Gasteiger partial charge in [-0.2, -0.15) is 5.26 Å². The van der Waals surface area contributed by atoms with Gasteiger partial charge in [0.1, 0.15) is 0 Å². The van der Waals surface area contributed by atoms with Gasteiger partial charge in [0.05, 0.1) is 23.3 Å². The highest BCUT2D eigenvalue weighted by Crippen LogP contribution is 2.28. The second-order valence-corrected chi connectivity index (χ2v) is 3.10. The van der Waals surface area contributed by atoms with Crippen molar-refractivity contribution in [2.45, 2.75) is 12.3 Å². The molecule has 0 aliphatic heterocycles. The van der Waals surface area contributed by atoms with E-state index in [0.29, 0.717) is 0 Å². The third-order valence-electron chi connectivity index (χ3n) is 2.04. The first-order valence-corrected chi connectivity index (χ1v) is 4.41. The van der Waals surface area contributed by atoms with Crippen molar-refractivity contribution in [3.05, 3.63) is 39.9 Å². The van der Waals surface area contributed by atoms with Crippen LogP contribution in [0.5, 0.6) is 0 Å². The van der Waals surface area contributed by atoms with Gasteiger partial charge in [0.25, 0.3) is 5.69 Å². The Hall–Kier alpha value is -2.42. The SMILES string of the molecule is N#CC(CC(=O)O)c1ccccc1[N+](=O)[O-]. The fraction of sp³-hybridized carbons (Fsp3) is 0.200. The molecule has 0 amide bonds. The number of rotatable bonds is 4. The Kier molecular flexibility index (Phi) is 3.56. The van der Waals surface area contributed by atoms with Crippen LogP contribution in [-0.4, -0.2) is 16.0 Å². The van der Waals surface area contributed by atoms with Crippen LogP contribution in [0.4, 0.5) is 5.69 Å². The number of aliphatic carboxylic acids is 1. The summed E-state index contributed by atoms with van der Waals surface area (Å²) in [5.74, 6) is -2.16. The van der Waals surface area contributed by atoms with Gasteiger partial charge in [0.2, 0.25) is 0 Å². The molecule has 0 aliphatic carbocycles. The lowest BCUT2D eigenvalue weighted by Gasteiger charge is -2.06. The molecule has 6 nitrogen and oxygen atoms in total. The second kappa shape index (κ2) is 4.89. The second-order valence-electron chi connectivity index (χ2n) is 3.10. The largest absolute Gasteiger partial charge is 0.481 e. The maximum atomic E-state index is 10.7. The fourth-order valence-electron chi connectivity index (χ4n) is 1.35. The summed E-state index contributed by atoms with van der Waals surface area (Å²) >= 11 is 0. The first-order chi connectivity index (χ1) is 7.56. The molecule has 0 aromatic heterocycles. The molecular formula is C10H8N2O4. The molecule has 1 atom stereocenters. The maximum Gasteiger partial charge on any atom is 0.305 e. The van der Waals surface area contributed by atoms with E-state index in [1.165, 1.54) is 24.3 Å². The van der Waals surface area contributed by atoms with E-state index in [0.717, 1.165) is 0 Å². The van der Waals surface area contributed by atoms with Crippen molar-refractivity contribution in [2.24, 2.45) is 0 Å². The van der Waals surface area contributed by atoms with E-state index in [1.54, 1.807) is 6.07 Å². The number of benzene rings is 1. The minimum Gasteiger partial charge on any atom is -0.481 e. The monoisotopic (exact) mass is 220 g/mol. The molecule has 0 heterocycles. The molecule has 0 fully saturated rings. The normalized spacial score (nSPS) is 11.4. The molecule has 1 N–H and O–H groups in total. The van der Waals surface area contributed by atoms with Gasteiger partial charge >= 0.3 is 5.97 Å². The zero-order chi connectivity index (χ0) is 12.1. The van der Waals surface area contributed by atoms with Gasteiger partial charge in [-0.15, -0.1) is 0 Å². The molecule has 0 bridgehead atoms. The molecule has 0 spiro atoms. The third-order valence-corrected chi connectivity index (χ3v) is 2.04. The predicted octanol–water partition coefficient (Wildman–Crippen LogP) is 1.68. The van der Waals surface area contributed by atoms with E-state index in [-0.39, 0.29) is 11.3 Å². The van der Waals surface area contributed by atoms with Gasteiger partial charge in [-0.25, -0.2) is 0 Å². The van der Waals surface area contributed by atoms with E-state index in [2.05, 4.69) is 0 Å². The van der Waals surface area contributed by atoms with E-state index in [9.17, 15) is 14.9 Å². The fourth-order valence-corrected chi connectivity index (χ4v) is 1.35. The molecule has 0 radical (unpaired) electrons. The Bertz CT molecular complexity index is 464. The highest BCUT2D eigenvalue weighted by atomic mass is 16.6. The Labute approximate surface area is 90.9 Å². The van der Waals surface area contributed by atoms with Gasteiger partial charge in [-0.05, 0) is 0 Å². The Morgan fingerprint density at radius 1 is 1.56 bits per heavy atom. The minimum atomic E-state index is -1.16. The summed E-state index contributed by atoms with van der Waals surface area (Å²) in [5.41, 5.74) is -0.0901. The zero-order valence-corrected chi connectivity index (χ0v) is 8.16. The number of nitro benzene ring substituents is 1. The Balaban J connectivity index is 3.15. The van der Waals surface area contributed by atoms with E-state index < -0.39 is 23.2 Å². The standard InChI is InChI=1S/C10H8N2O4/c11-6-7(5-10(13)14)8-3-1-2-4-9(8)12(15)16/h1-4,7H,5H2,(H,13,14). The molecule has 16 heavy (non-hydrogen) atoms. The summed E-state index contributed by atoms with van der Waals surface area (Å²) < 4.78 is 0. The number of carbonyl (C=O) groups is 1. The molecule has 82 valence electrons. The van der Waals surface area contributed by atoms with Crippen LogP contribution in [0.15, 0.2) is 24.3 Å². The number of carboxylic acid groups (broad SMARTS) is 1. The summed E-state index contributed by atoms with van der Waals surface area (Å²) in [6.45, 7) is 0. The van der Waals surface area contributed by atoms with E-state index in [1.807, 2.05) is 0 Å². The van der Waals surface area contributed by atoms with Crippen molar-refractivity contribution in [1.29, 1.82) is 5.26 Å². The van der Waals surface area contributed by atoms with E-state index >= 15 is 0 Å². The topological polar surface area (TPSA) is 104 Å². The van der Waals surface area contributed by atoms with Crippen LogP contribution in [0.3, 0.4) is 0 Å². The molecule has 6 heteroatoms. The van der Waals surface area contributed by atoms with Crippen LogP contribution in [0.2, 0.25) is 0 Å². The van der Waals surface area contributed by atoms with Gasteiger partial charge in [0.15, 0.2) is 0 Å². The zero-order valence-electron chi connectivity index (χ0n) is 8.16. The van der Waals surface area contributed by atoms with Gasteiger partial charge in [-0.3, -0.25) is 14.9 Å². The third kappa shape index (κ3) is 2.54. The smallest absolute Gasteiger partial charge is 0.305 e. The number of para-hydroxylation sites is 1. The van der Waals surface area contributed by atoms with Crippen molar-refractivity contribution in [3.8, 4) is 6.07 Å². The van der Waals surface area contributed by atoms with Gasteiger partial charge < -0.3 is 5.11 Å². The van der Waals surface area contributed by atoms with E-state index in [4.69, 9.17) is 10.4 Å². The molecular weight excluding hydrogens is 212 g/mol. The number of nitrogens with zero attached hydrogens (tertiary/aromatic N) is 2. The van der Waals surface area contributed by atoms with Crippen molar-refractivity contribution < 1.29 is 14.8 Å². The summed E-state index contributed by atoms with van der Waals surface area (Å²) in [4.78, 5) is 20.6. The summed E-state index contributed by atoms with van der Waals surface area (Å²) in [6.07, 6.45) is -0.443. The van der Waals surface area contributed by atoms with Gasteiger partial charge in [0, 0.05) is 11.6 Å². The van der Waals surface area contributed by atoms with Crippen LogP contribution >= 0.6 is 0 Å². The molecule has 1 aromatic carbocycles. The number of hydrogen-bond acceptors (Lipinski definition) is 4. The average Bonchev–Trinajstić information content (AvgIpc) is 2.25.